The third kappa shape index (κ3) is 3.87. The van der Waals surface area contributed by atoms with Crippen molar-refractivity contribution >= 4 is 11.8 Å². The number of nitrogens with zero attached hydrogens (tertiary/aromatic N) is 3. The molecule has 1 atom stereocenters. The quantitative estimate of drug-likeness (QED) is 0.718. The number of hydrogen-bond donors (Lipinski definition) is 0. The van der Waals surface area contributed by atoms with Crippen molar-refractivity contribution in [2.45, 2.75) is 31.5 Å². The Morgan fingerprint density at radius 3 is 2.62 bits per heavy atom. The monoisotopic (exact) mass is 397 g/mol. The van der Waals surface area contributed by atoms with Gasteiger partial charge in [0, 0.05) is 43.7 Å². The predicted octanol–water partition coefficient (Wildman–Crippen LogP) is 2.07. The number of para-hydroxylation sites is 1. The maximum Gasteiger partial charge on any atom is 0.249 e. The number of ether oxygens (including phenoxy) is 2. The number of aromatic nitrogens is 1. The number of amides is 2. The van der Waals surface area contributed by atoms with Gasteiger partial charge in [0.25, 0.3) is 0 Å². The third-order valence-corrected chi connectivity index (χ3v) is 5.67. The normalized spacial score (nSPS) is 18.3. The molecule has 0 spiro atoms. The lowest BCUT2D eigenvalue weighted by Crippen LogP contribution is -2.49. The number of rotatable bonds is 7. The Kier molecular flexibility index (Phi) is 5.58. The molecule has 1 aliphatic carbocycles. The fourth-order valence-corrected chi connectivity index (χ4v) is 4.12. The van der Waals surface area contributed by atoms with Crippen LogP contribution in [-0.2, 0) is 20.9 Å². The average molecular weight is 397 g/mol. The van der Waals surface area contributed by atoms with E-state index >= 15 is 0 Å². The van der Waals surface area contributed by atoms with Crippen LogP contribution in [0.3, 0.4) is 0 Å². The van der Waals surface area contributed by atoms with Crippen molar-refractivity contribution in [2.75, 3.05) is 33.9 Å². The van der Waals surface area contributed by atoms with Crippen LogP contribution in [0.25, 0.3) is 0 Å². The lowest BCUT2D eigenvalue weighted by Gasteiger charge is -2.39. The number of carbonyl (C=O) groups excluding carboxylic acids is 2. The third-order valence-electron chi connectivity index (χ3n) is 5.67. The molecule has 2 amide bonds. The summed E-state index contributed by atoms with van der Waals surface area (Å²) < 4.78 is 12.8. The zero-order valence-corrected chi connectivity index (χ0v) is 16.9. The number of fused-ring (bicyclic) bond motifs is 1. The highest BCUT2D eigenvalue weighted by molar-refractivity contribution is 5.86. The number of benzene rings is 1. The van der Waals surface area contributed by atoms with Gasteiger partial charge in [-0.15, -0.1) is 0 Å². The molecule has 4 rings (SSSR count). The Labute approximate surface area is 170 Å². The Morgan fingerprint density at radius 1 is 1.10 bits per heavy atom. The van der Waals surface area contributed by atoms with Crippen molar-refractivity contribution in [1.82, 2.24) is 14.4 Å². The molecule has 0 radical (unpaired) electrons. The first-order valence-corrected chi connectivity index (χ1v) is 10.00. The van der Waals surface area contributed by atoms with Gasteiger partial charge in [-0.25, -0.2) is 0 Å². The topological polar surface area (TPSA) is 64.0 Å². The molecule has 1 aliphatic heterocycles. The van der Waals surface area contributed by atoms with E-state index in [9.17, 15) is 9.59 Å². The van der Waals surface area contributed by atoms with Crippen LogP contribution in [0.2, 0.25) is 0 Å². The Bertz CT molecular complexity index is 890. The van der Waals surface area contributed by atoms with E-state index in [1.807, 2.05) is 47.5 Å². The SMILES string of the molecule is COCC(=O)N(CC(=O)N1CCn2cccc2C1c1ccccc1OC)C1CC1. The van der Waals surface area contributed by atoms with Crippen LogP contribution in [0.15, 0.2) is 42.6 Å². The Morgan fingerprint density at radius 2 is 1.90 bits per heavy atom. The van der Waals surface area contributed by atoms with Crippen LogP contribution in [-0.4, -0.2) is 66.1 Å². The van der Waals surface area contributed by atoms with E-state index in [2.05, 4.69) is 4.57 Å². The maximum atomic E-state index is 13.4. The van der Waals surface area contributed by atoms with Crippen LogP contribution >= 0.6 is 0 Å². The molecule has 1 unspecified atom stereocenters. The predicted molar refractivity (Wildman–Crippen MR) is 108 cm³/mol. The molecule has 0 bridgehead atoms. The fraction of sp³-hybridized carbons (Fsp3) is 0.455. The first-order valence-electron chi connectivity index (χ1n) is 10.00. The average Bonchev–Trinajstić information content (AvgIpc) is 3.47. The molecule has 1 aromatic heterocycles. The second-order valence-corrected chi connectivity index (χ2v) is 7.54. The first kappa shape index (κ1) is 19.5. The lowest BCUT2D eigenvalue weighted by molar-refractivity contribution is -0.144. The summed E-state index contributed by atoms with van der Waals surface area (Å²) in [6.07, 6.45) is 3.93. The van der Waals surface area contributed by atoms with Gasteiger partial charge in [0.15, 0.2) is 0 Å². The molecule has 7 heteroatoms. The van der Waals surface area contributed by atoms with E-state index in [0.717, 1.165) is 36.4 Å². The van der Waals surface area contributed by atoms with E-state index in [1.54, 1.807) is 12.0 Å². The van der Waals surface area contributed by atoms with Crippen LogP contribution in [0.1, 0.15) is 30.1 Å². The van der Waals surface area contributed by atoms with Gasteiger partial charge in [-0.05, 0) is 31.0 Å². The minimum atomic E-state index is -0.249. The molecule has 154 valence electrons. The highest BCUT2D eigenvalue weighted by Crippen LogP contribution is 2.37. The highest BCUT2D eigenvalue weighted by Gasteiger charge is 2.38. The van der Waals surface area contributed by atoms with E-state index in [1.165, 1.54) is 7.11 Å². The zero-order valence-electron chi connectivity index (χ0n) is 16.9. The van der Waals surface area contributed by atoms with E-state index < -0.39 is 0 Å². The molecule has 7 nitrogen and oxygen atoms in total. The van der Waals surface area contributed by atoms with Crippen molar-refractivity contribution in [3.8, 4) is 5.75 Å². The summed E-state index contributed by atoms with van der Waals surface area (Å²) in [5.74, 6) is 0.571. The molecule has 0 N–H and O–H groups in total. The minimum absolute atomic E-state index is 0.00255. The fourth-order valence-electron chi connectivity index (χ4n) is 4.12. The molecule has 2 aromatic rings. The number of carbonyl (C=O) groups is 2. The Balaban J connectivity index is 1.64. The van der Waals surface area contributed by atoms with Crippen molar-refractivity contribution < 1.29 is 19.1 Å². The maximum absolute atomic E-state index is 13.4. The molecule has 1 fully saturated rings. The van der Waals surface area contributed by atoms with Crippen LogP contribution < -0.4 is 4.74 Å². The summed E-state index contributed by atoms with van der Waals surface area (Å²) in [6.45, 7) is 1.40. The summed E-state index contributed by atoms with van der Waals surface area (Å²) in [6, 6.07) is 11.8. The number of methoxy groups -OCH3 is 2. The molecular formula is C22H27N3O4. The second kappa shape index (κ2) is 8.29. The van der Waals surface area contributed by atoms with Gasteiger partial charge in [-0.3, -0.25) is 9.59 Å². The van der Waals surface area contributed by atoms with Crippen LogP contribution in [0.4, 0.5) is 0 Å². The molecule has 2 heterocycles. The molecule has 2 aliphatic rings. The molecule has 0 saturated heterocycles. The van der Waals surface area contributed by atoms with Gasteiger partial charge >= 0.3 is 0 Å². The van der Waals surface area contributed by atoms with Crippen LogP contribution in [0.5, 0.6) is 5.75 Å². The van der Waals surface area contributed by atoms with Crippen molar-refractivity contribution in [3.63, 3.8) is 0 Å². The Hall–Kier alpha value is -2.80. The molecule has 29 heavy (non-hydrogen) atoms. The standard InChI is InChI=1S/C22H27N3O4/c1-28-15-21(27)25(16-9-10-16)14-20(26)24-13-12-23-11-5-7-18(23)22(24)17-6-3-4-8-19(17)29-2/h3-8,11,16,22H,9-10,12-15H2,1-2H3. The molecule has 1 saturated carbocycles. The molecular weight excluding hydrogens is 370 g/mol. The summed E-state index contributed by atoms with van der Waals surface area (Å²) in [7, 11) is 3.15. The highest BCUT2D eigenvalue weighted by atomic mass is 16.5. The molecule has 1 aromatic carbocycles. The summed E-state index contributed by atoms with van der Waals surface area (Å²) >= 11 is 0. The zero-order chi connectivity index (χ0) is 20.4. The smallest absolute Gasteiger partial charge is 0.249 e. The van der Waals surface area contributed by atoms with Gasteiger partial charge in [-0.2, -0.15) is 0 Å². The summed E-state index contributed by atoms with van der Waals surface area (Å²) in [5, 5.41) is 0. The second-order valence-electron chi connectivity index (χ2n) is 7.54. The van der Waals surface area contributed by atoms with Gasteiger partial charge in [0.2, 0.25) is 11.8 Å². The van der Waals surface area contributed by atoms with E-state index in [-0.39, 0.29) is 37.0 Å². The largest absolute Gasteiger partial charge is 0.496 e. The summed E-state index contributed by atoms with van der Waals surface area (Å²) in [5.41, 5.74) is 2.00. The van der Waals surface area contributed by atoms with Crippen molar-refractivity contribution in [2.24, 2.45) is 0 Å². The first-order chi connectivity index (χ1) is 14.1. The van der Waals surface area contributed by atoms with Crippen LogP contribution in [0, 0.1) is 0 Å². The summed E-state index contributed by atoms with van der Waals surface area (Å²) in [4.78, 5) is 29.4. The van der Waals surface area contributed by atoms with E-state index in [4.69, 9.17) is 9.47 Å². The van der Waals surface area contributed by atoms with Gasteiger partial charge < -0.3 is 23.8 Å². The van der Waals surface area contributed by atoms with E-state index in [0.29, 0.717) is 6.54 Å². The lowest BCUT2D eigenvalue weighted by atomic mass is 9.98. The van der Waals surface area contributed by atoms with Gasteiger partial charge in [0.1, 0.15) is 24.9 Å². The van der Waals surface area contributed by atoms with Crippen molar-refractivity contribution in [1.29, 1.82) is 0 Å². The minimum Gasteiger partial charge on any atom is -0.496 e. The van der Waals surface area contributed by atoms with Crippen molar-refractivity contribution in [3.05, 3.63) is 53.9 Å². The van der Waals surface area contributed by atoms with Gasteiger partial charge in [-0.1, -0.05) is 18.2 Å². The van der Waals surface area contributed by atoms with Gasteiger partial charge in [0.05, 0.1) is 7.11 Å². The number of hydrogen-bond acceptors (Lipinski definition) is 4.